The lowest BCUT2D eigenvalue weighted by Crippen LogP contribution is -2.41. The van der Waals surface area contributed by atoms with E-state index in [4.69, 9.17) is 27.6 Å². The number of carbonyl (C=O) groups is 3. The van der Waals surface area contributed by atoms with Crippen molar-refractivity contribution in [3.05, 3.63) is 96.4 Å². The van der Waals surface area contributed by atoms with E-state index in [1.165, 1.54) is 24.3 Å². The van der Waals surface area contributed by atoms with Gasteiger partial charge in [-0.15, -0.1) is 0 Å². The molecule has 0 saturated carbocycles. The van der Waals surface area contributed by atoms with Crippen molar-refractivity contribution in [1.82, 2.24) is 16.3 Å². The van der Waals surface area contributed by atoms with E-state index < -0.39 is 28.3 Å². The molecule has 0 spiro atoms. The second kappa shape index (κ2) is 10.8. The van der Waals surface area contributed by atoms with E-state index in [9.17, 15) is 24.5 Å². The number of nitro groups is 1. The molecule has 1 heterocycles. The number of amides is 3. The monoisotopic (exact) mass is 543 g/mol. The van der Waals surface area contributed by atoms with Crippen molar-refractivity contribution >= 4 is 52.3 Å². The van der Waals surface area contributed by atoms with Gasteiger partial charge in [0.2, 0.25) is 0 Å². The van der Waals surface area contributed by atoms with E-state index >= 15 is 0 Å². The Morgan fingerprint density at radius 1 is 0.973 bits per heavy atom. The Labute approximate surface area is 219 Å². The van der Waals surface area contributed by atoms with Crippen molar-refractivity contribution in [2.24, 2.45) is 5.10 Å². The Hall–Kier alpha value is -4.22. The minimum Gasteiger partial charge on any atom is -0.455 e. The van der Waals surface area contributed by atoms with E-state index in [1.54, 1.807) is 19.1 Å². The molecule has 1 aliphatic carbocycles. The molecule has 3 amide bonds. The molecule has 0 bridgehead atoms. The van der Waals surface area contributed by atoms with Crippen LogP contribution >= 0.6 is 23.2 Å². The third kappa shape index (κ3) is 5.63. The number of carbonyl (C=O) groups excluding carboxylic acids is 3. The first kappa shape index (κ1) is 25.9. The van der Waals surface area contributed by atoms with E-state index in [0.29, 0.717) is 52.4 Å². The van der Waals surface area contributed by atoms with Gasteiger partial charge >= 0.3 is 5.91 Å². The number of halogens is 2. The predicted octanol–water partition coefficient (Wildman–Crippen LogP) is 4.35. The van der Waals surface area contributed by atoms with Gasteiger partial charge in [-0.3, -0.25) is 35.3 Å². The fourth-order valence-corrected chi connectivity index (χ4v) is 4.13. The zero-order chi connectivity index (χ0) is 26.7. The molecule has 0 unspecified atom stereocenters. The highest BCUT2D eigenvalue weighted by Crippen LogP contribution is 2.30. The molecule has 3 aromatic rings. The summed E-state index contributed by atoms with van der Waals surface area (Å²) in [4.78, 5) is 48.0. The smallest absolute Gasteiger partial charge is 0.305 e. The van der Waals surface area contributed by atoms with Gasteiger partial charge < -0.3 is 4.42 Å². The molecule has 11 nitrogen and oxygen atoms in total. The van der Waals surface area contributed by atoms with Crippen LogP contribution in [0.3, 0.4) is 0 Å². The average Bonchev–Trinajstić information content (AvgIpc) is 3.23. The first-order valence-corrected chi connectivity index (χ1v) is 11.7. The van der Waals surface area contributed by atoms with Gasteiger partial charge in [0.25, 0.3) is 17.5 Å². The van der Waals surface area contributed by atoms with E-state index in [0.717, 1.165) is 6.07 Å². The Morgan fingerprint density at radius 3 is 2.35 bits per heavy atom. The first-order chi connectivity index (χ1) is 17.7. The molecule has 0 radical (unpaired) electrons. The maximum atomic E-state index is 12.7. The number of benzene rings is 2. The molecule has 13 heteroatoms. The Morgan fingerprint density at radius 2 is 1.65 bits per heavy atom. The maximum absolute atomic E-state index is 12.7. The van der Waals surface area contributed by atoms with Crippen LogP contribution in [0, 0.1) is 17.0 Å². The van der Waals surface area contributed by atoms with Crippen molar-refractivity contribution in [2.75, 3.05) is 0 Å². The van der Waals surface area contributed by atoms with Crippen LogP contribution in [-0.4, -0.2) is 28.4 Å². The van der Waals surface area contributed by atoms with Gasteiger partial charge in [0.1, 0.15) is 10.8 Å². The summed E-state index contributed by atoms with van der Waals surface area (Å²) in [7, 11) is 0. The highest BCUT2D eigenvalue weighted by Gasteiger charge is 2.28. The van der Waals surface area contributed by atoms with Gasteiger partial charge in [-0.2, -0.15) is 5.10 Å². The Bertz CT molecular complexity index is 1450. The lowest BCUT2D eigenvalue weighted by Gasteiger charge is -2.13. The number of fused-ring (bicyclic) bond motifs is 1. The molecule has 1 aromatic heterocycles. The topological polar surface area (TPSA) is 156 Å². The van der Waals surface area contributed by atoms with Crippen LogP contribution in [0.2, 0.25) is 10.0 Å². The molecule has 0 aliphatic heterocycles. The summed E-state index contributed by atoms with van der Waals surface area (Å²) in [5, 5.41) is 15.7. The number of furan rings is 1. The summed E-state index contributed by atoms with van der Waals surface area (Å²) in [6.07, 6.45) is 1.72. The second-order valence-electron chi connectivity index (χ2n) is 8.05. The van der Waals surface area contributed by atoms with Gasteiger partial charge in [0.15, 0.2) is 5.76 Å². The normalized spacial score (nSPS) is 13.5. The average molecular weight is 544 g/mol. The quantitative estimate of drug-likeness (QED) is 0.320. The number of hydrazine groups is 1. The summed E-state index contributed by atoms with van der Waals surface area (Å²) in [6.45, 7) is 1.67. The van der Waals surface area contributed by atoms with Crippen molar-refractivity contribution in [3.63, 3.8) is 0 Å². The maximum Gasteiger partial charge on any atom is 0.305 e. The number of nitrogens with one attached hydrogen (secondary N) is 3. The lowest BCUT2D eigenvalue weighted by atomic mass is 9.93. The minimum absolute atomic E-state index is 0.00402. The molecule has 0 atom stereocenters. The van der Waals surface area contributed by atoms with Crippen LogP contribution in [0.15, 0.2) is 52.0 Å². The summed E-state index contributed by atoms with van der Waals surface area (Å²) in [6, 6.07) is 9.81. The van der Waals surface area contributed by atoms with Crippen molar-refractivity contribution in [1.29, 1.82) is 0 Å². The van der Waals surface area contributed by atoms with Crippen LogP contribution in [0.1, 0.15) is 61.0 Å². The third-order valence-corrected chi connectivity index (χ3v) is 6.20. The fraction of sp³-hybridized carbons (Fsp3) is 0.167. The summed E-state index contributed by atoms with van der Waals surface area (Å²) in [5.74, 6) is -1.34. The Kier molecular flexibility index (Phi) is 7.55. The largest absolute Gasteiger partial charge is 0.455 e. The zero-order valence-electron chi connectivity index (χ0n) is 19.3. The molecule has 190 valence electrons. The zero-order valence-corrected chi connectivity index (χ0v) is 20.8. The lowest BCUT2D eigenvalue weighted by molar-refractivity contribution is -0.384. The van der Waals surface area contributed by atoms with Crippen LogP contribution < -0.4 is 16.3 Å². The highest BCUT2D eigenvalue weighted by atomic mass is 35.5. The van der Waals surface area contributed by atoms with Crippen molar-refractivity contribution < 1.29 is 23.7 Å². The molecule has 4 rings (SSSR count). The molecule has 37 heavy (non-hydrogen) atoms. The second-order valence-corrected chi connectivity index (χ2v) is 8.89. The van der Waals surface area contributed by atoms with Gasteiger partial charge in [0, 0.05) is 39.8 Å². The van der Waals surface area contributed by atoms with E-state index in [-0.39, 0.29) is 16.3 Å². The van der Waals surface area contributed by atoms with Crippen molar-refractivity contribution in [2.45, 2.75) is 26.2 Å². The van der Waals surface area contributed by atoms with Crippen LogP contribution in [-0.2, 0) is 6.42 Å². The predicted molar refractivity (Wildman–Crippen MR) is 135 cm³/mol. The van der Waals surface area contributed by atoms with Crippen LogP contribution in [0.5, 0.6) is 0 Å². The standard InChI is InChI=1S/C24H19Cl2N5O6/c1-12-20-17(27-28-23(33)14-7-10-16(26)18(11-14)31(35)36)3-2-4-19(20)37-21(12)24(34)30-29-22(32)13-5-8-15(25)9-6-13/h5-11H,2-4H2,1H3,(H,28,33)(H,29,32)(H,30,34)/b27-17+. The Balaban J connectivity index is 1.49. The number of aryl methyl sites for hydroxylation is 1. The number of nitro benzene ring substituents is 1. The van der Waals surface area contributed by atoms with Crippen LogP contribution in [0.4, 0.5) is 5.69 Å². The molecule has 1 aliphatic rings. The van der Waals surface area contributed by atoms with Gasteiger partial charge in [-0.25, -0.2) is 5.43 Å². The molecular formula is C24H19Cl2N5O6. The minimum atomic E-state index is -0.683. The SMILES string of the molecule is Cc1c(C(=O)NNC(=O)c2ccc(Cl)cc2)oc2c1/C(=N/NC(=O)c1ccc(Cl)c([N+](=O)[O-])c1)CCC2. The fourth-order valence-electron chi connectivity index (χ4n) is 3.82. The molecular weight excluding hydrogens is 525 g/mol. The molecule has 2 aromatic carbocycles. The summed E-state index contributed by atoms with van der Waals surface area (Å²) < 4.78 is 5.77. The van der Waals surface area contributed by atoms with E-state index in [1.807, 2.05) is 0 Å². The number of hydrazone groups is 1. The number of rotatable bonds is 5. The van der Waals surface area contributed by atoms with E-state index in [2.05, 4.69) is 21.4 Å². The van der Waals surface area contributed by atoms with Crippen molar-refractivity contribution in [3.8, 4) is 0 Å². The molecule has 0 saturated heterocycles. The number of nitrogens with zero attached hydrogens (tertiary/aromatic N) is 2. The van der Waals surface area contributed by atoms with Gasteiger partial charge in [-0.1, -0.05) is 23.2 Å². The summed E-state index contributed by atoms with van der Waals surface area (Å²) >= 11 is 11.6. The highest BCUT2D eigenvalue weighted by molar-refractivity contribution is 6.32. The molecule has 3 N–H and O–H groups in total. The van der Waals surface area contributed by atoms with Gasteiger partial charge in [-0.05, 0) is 56.2 Å². The molecule has 0 fully saturated rings. The third-order valence-electron chi connectivity index (χ3n) is 5.63. The summed E-state index contributed by atoms with van der Waals surface area (Å²) in [5.41, 5.74) is 8.53. The van der Waals surface area contributed by atoms with Gasteiger partial charge in [0.05, 0.1) is 10.6 Å². The first-order valence-electron chi connectivity index (χ1n) is 11.0. The number of hydrogen-bond acceptors (Lipinski definition) is 7. The number of hydrogen-bond donors (Lipinski definition) is 3. The van der Waals surface area contributed by atoms with Crippen LogP contribution in [0.25, 0.3) is 0 Å².